The van der Waals surface area contributed by atoms with E-state index in [9.17, 15) is 4.79 Å². The lowest BCUT2D eigenvalue weighted by Crippen LogP contribution is -2.35. The third-order valence-electron chi connectivity index (χ3n) is 4.34. The third kappa shape index (κ3) is 7.28. The van der Waals surface area contributed by atoms with Crippen LogP contribution in [0.25, 0.3) is 0 Å². The molecule has 0 unspecified atom stereocenters. The molecule has 1 fully saturated rings. The Balaban J connectivity index is 2.05. The molecule has 3 heteroatoms. The standard InChI is InChI=1S/C17H34N2O/c1-3-9-15(10-4-2)17(20)19-14-8-13-18-16-11-6-5-7-12-16/h15-16,18H,3-14H2,1-2H3,(H,19,20). The molecule has 1 saturated carbocycles. The number of carbonyl (C=O) groups is 1. The van der Waals surface area contributed by atoms with Gasteiger partial charge < -0.3 is 10.6 Å². The summed E-state index contributed by atoms with van der Waals surface area (Å²) in [5, 5.41) is 6.73. The van der Waals surface area contributed by atoms with Crippen LogP contribution in [-0.2, 0) is 4.79 Å². The first-order chi connectivity index (χ1) is 9.77. The SMILES string of the molecule is CCCC(CCC)C(=O)NCCCNC1CCCCC1. The van der Waals surface area contributed by atoms with Gasteiger partial charge in [-0.15, -0.1) is 0 Å². The molecule has 118 valence electrons. The van der Waals surface area contributed by atoms with Crippen LogP contribution in [0.3, 0.4) is 0 Å². The smallest absolute Gasteiger partial charge is 0.223 e. The van der Waals surface area contributed by atoms with Crippen molar-refractivity contribution in [3.05, 3.63) is 0 Å². The van der Waals surface area contributed by atoms with E-state index in [1.54, 1.807) is 0 Å². The van der Waals surface area contributed by atoms with E-state index in [-0.39, 0.29) is 11.8 Å². The largest absolute Gasteiger partial charge is 0.356 e. The fourth-order valence-corrected chi connectivity index (χ4v) is 3.16. The molecular weight excluding hydrogens is 248 g/mol. The van der Waals surface area contributed by atoms with Gasteiger partial charge >= 0.3 is 0 Å². The van der Waals surface area contributed by atoms with Crippen LogP contribution in [0.2, 0.25) is 0 Å². The molecule has 0 radical (unpaired) electrons. The normalized spacial score (nSPS) is 16.6. The highest BCUT2D eigenvalue weighted by molar-refractivity contribution is 5.78. The first-order valence-corrected chi connectivity index (χ1v) is 8.79. The van der Waals surface area contributed by atoms with E-state index in [2.05, 4.69) is 24.5 Å². The van der Waals surface area contributed by atoms with Gasteiger partial charge in [-0.1, -0.05) is 46.0 Å². The molecule has 3 nitrogen and oxygen atoms in total. The van der Waals surface area contributed by atoms with Crippen LogP contribution in [0, 0.1) is 5.92 Å². The third-order valence-corrected chi connectivity index (χ3v) is 4.34. The molecule has 1 aliphatic rings. The van der Waals surface area contributed by atoms with Gasteiger partial charge in [0.1, 0.15) is 0 Å². The highest BCUT2D eigenvalue weighted by Crippen LogP contribution is 2.17. The quantitative estimate of drug-likeness (QED) is 0.601. The second-order valence-corrected chi connectivity index (χ2v) is 6.21. The Morgan fingerprint density at radius 1 is 1.05 bits per heavy atom. The number of nitrogens with one attached hydrogen (secondary N) is 2. The van der Waals surface area contributed by atoms with E-state index >= 15 is 0 Å². The lowest BCUT2D eigenvalue weighted by Gasteiger charge is -2.23. The highest BCUT2D eigenvalue weighted by Gasteiger charge is 2.16. The van der Waals surface area contributed by atoms with Gasteiger partial charge in [-0.2, -0.15) is 0 Å². The van der Waals surface area contributed by atoms with E-state index in [1.165, 1.54) is 32.1 Å². The van der Waals surface area contributed by atoms with E-state index in [1.807, 2.05) is 0 Å². The molecule has 0 saturated heterocycles. The van der Waals surface area contributed by atoms with Crippen molar-refractivity contribution in [2.24, 2.45) is 5.92 Å². The number of carbonyl (C=O) groups excluding carboxylic acids is 1. The average Bonchev–Trinajstić information content (AvgIpc) is 2.47. The molecule has 0 atom stereocenters. The molecule has 1 rings (SSSR count). The summed E-state index contributed by atoms with van der Waals surface area (Å²) in [5.41, 5.74) is 0. The Hall–Kier alpha value is -0.570. The second-order valence-electron chi connectivity index (χ2n) is 6.21. The zero-order valence-corrected chi connectivity index (χ0v) is 13.5. The number of rotatable bonds is 10. The number of hydrogen-bond donors (Lipinski definition) is 2. The first-order valence-electron chi connectivity index (χ1n) is 8.79. The molecule has 0 aliphatic heterocycles. The Bertz CT molecular complexity index is 243. The number of hydrogen-bond acceptors (Lipinski definition) is 2. The van der Waals surface area contributed by atoms with Crippen LogP contribution < -0.4 is 10.6 Å². The molecule has 1 amide bonds. The van der Waals surface area contributed by atoms with E-state index in [0.717, 1.165) is 51.2 Å². The Labute approximate surface area is 125 Å². The summed E-state index contributed by atoms with van der Waals surface area (Å²) < 4.78 is 0. The minimum atomic E-state index is 0.233. The van der Waals surface area contributed by atoms with Gasteiger partial charge in [0, 0.05) is 18.5 Å². The van der Waals surface area contributed by atoms with Gasteiger partial charge in [0.2, 0.25) is 5.91 Å². The number of amides is 1. The van der Waals surface area contributed by atoms with Crippen molar-refractivity contribution in [3.8, 4) is 0 Å². The molecule has 0 heterocycles. The monoisotopic (exact) mass is 282 g/mol. The summed E-state index contributed by atoms with van der Waals surface area (Å²) in [6, 6.07) is 0.729. The van der Waals surface area contributed by atoms with Gasteiger partial charge in [0.05, 0.1) is 0 Å². The second kappa shape index (κ2) is 11.1. The maximum atomic E-state index is 12.1. The molecule has 0 aromatic heterocycles. The molecule has 2 N–H and O–H groups in total. The maximum absolute atomic E-state index is 12.1. The molecule has 0 aromatic rings. The minimum Gasteiger partial charge on any atom is -0.356 e. The predicted octanol–water partition coefficient (Wildman–Crippen LogP) is 3.63. The van der Waals surface area contributed by atoms with Crippen LogP contribution in [-0.4, -0.2) is 25.0 Å². The van der Waals surface area contributed by atoms with Crippen LogP contribution in [0.15, 0.2) is 0 Å². The van der Waals surface area contributed by atoms with Gasteiger partial charge in [0.25, 0.3) is 0 Å². The Kier molecular flexibility index (Phi) is 9.73. The zero-order valence-electron chi connectivity index (χ0n) is 13.5. The molecule has 0 spiro atoms. The lowest BCUT2D eigenvalue weighted by molar-refractivity contribution is -0.125. The van der Waals surface area contributed by atoms with Crippen molar-refractivity contribution >= 4 is 5.91 Å². The van der Waals surface area contributed by atoms with Crippen molar-refractivity contribution in [2.45, 2.75) is 84.1 Å². The van der Waals surface area contributed by atoms with Crippen molar-refractivity contribution in [3.63, 3.8) is 0 Å². The fourth-order valence-electron chi connectivity index (χ4n) is 3.16. The molecule has 20 heavy (non-hydrogen) atoms. The summed E-state index contributed by atoms with van der Waals surface area (Å²) in [5.74, 6) is 0.502. The van der Waals surface area contributed by atoms with E-state index < -0.39 is 0 Å². The van der Waals surface area contributed by atoms with Crippen LogP contribution in [0.4, 0.5) is 0 Å². The molecule has 1 aliphatic carbocycles. The predicted molar refractivity (Wildman–Crippen MR) is 85.8 cm³/mol. The summed E-state index contributed by atoms with van der Waals surface area (Å²) >= 11 is 0. The van der Waals surface area contributed by atoms with Crippen LogP contribution in [0.1, 0.15) is 78.1 Å². The van der Waals surface area contributed by atoms with Crippen molar-refractivity contribution in [2.75, 3.05) is 13.1 Å². The van der Waals surface area contributed by atoms with Crippen molar-refractivity contribution in [1.29, 1.82) is 0 Å². The maximum Gasteiger partial charge on any atom is 0.223 e. The molecule has 0 aromatic carbocycles. The first kappa shape index (κ1) is 17.5. The Morgan fingerprint density at radius 2 is 1.70 bits per heavy atom. The van der Waals surface area contributed by atoms with Crippen molar-refractivity contribution in [1.82, 2.24) is 10.6 Å². The summed E-state index contributed by atoms with van der Waals surface area (Å²) in [7, 11) is 0. The highest BCUT2D eigenvalue weighted by atomic mass is 16.1. The minimum absolute atomic E-state index is 0.233. The van der Waals surface area contributed by atoms with Gasteiger partial charge in [-0.05, 0) is 38.6 Å². The molecule has 0 bridgehead atoms. The van der Waals surface area contributed by atoms with Crippen LogP contribution in [0.5, 0.6) is 0 Å². The van der Waals surface area contributed by atoms with Crippen molar-refractivity contribution < 1.29 is 4.79 Å². The Morgan fingerprint density at radius 3 is 2.30 bits per heavy atom. The fraction of sp³-hybridized carbons (Fsp3) is 0.941. The summed E-state index contributed by atoms with van der Waals surface area (Å²) in [6.45, 7) is 6.17. The topological polar surface area (TPSA) is 41.1 Å². The average molecular weight is 282 g/mol. The zero-order chi connectivity index (χ0) is 14.6. The van der Waals surface area contributed by atoms with Crippen LogP contribution >= 0.6 is 0 Å². The van der Waals surface area contributed by atoms with E-state index in [0.29, 0.717) is 0 Å². The van der Waals surface area contributed by atoms with Gasteiger partial charge in [0.15, 0.2) is 0 Å². The van der Waals surface area contributed by atoms with E-state index in [4.69, 9.17) is 0 Å². The summed E-state index contributed by atoms with van der Waals surface area (Å²) in [6.07, 6.45) is 12.1. The van der Waals surface area contributed by atoms with Gasteiger partial charge in [-0.3, -0.25) is 4.79 Å². The van der Waals surface area contributed by atoms with Gasteiger partial charge in [-0.25, -0.2) is 0 Å². The lowest BCUT2D eigenvalue weighted by atomic mass is 9.95. The molecular formula is C17H34N2O. The summed E-state index contributed by atoms with van der Waals surface area (Å²) in [4.78, 5) is 12.1.